The first-order valence-electron chi connectivity index (χ1n) is 8.22. The summed E-state index contributed by atoms with van der Waals surface area (Å²) in [6.45, 7) is 5.16. The second kappa shape index (κ2) is 15.0. The number of aliphatic hydroxyl groups excluding tert-OH is 1. The Hall–Kier alpha value is -0.0800. The molecular formula is C16H35NO. The summed E-state index contributed by atoms with van der Waals surface area (Å²) in [5.74, 6) is 0. The Kier molecular flexibility index (Phi) is 14.9. The number of hydrogen-bond donors (Lipinski definition) is 2. The van der Waals surface area contributed by atoms with Crippen molar-refractivity contribution in [3.8, 4) is 0 Å². The molecule has 0 aliphatic rings. The molecular weight excluding hydrogens is 222 g/mol. The van der Waals surface area contributed by atoms with Crippen LogP contribution in [0.2, 0.25) is 0 Å². The van der Waals surface area contributed by atoms with Crippen molar-refractivity contribution in [1.29, 1.82) is 0 Å². The van der Waals surface area contributed by atoms with Gasteiger partial charge in [-0.1, -0.05) is 78.1 Å². The minimum atomic E-state index is -0.284. The van der Waals surface area contributed by atoms with Crippen molar-refractivity contribution in [1.82, 2.24) is 5.32 Å². The maximum absolute atomic E-state index is 9.48. The van der Waals surface area contributed by atoms with Gasteiger partial charge >= 0.3 is 0 Å². The Morgan fingerprint density at radius 2 is 1.17 bits per heavy atom. The van der Waals surface area contributed by atoms with Crippen LogP contribution in [0.15, 0.2) is 0 Å². The molecule has 2 heteroatoms. The Balaban J connectivity index is 2.98. The highest BCUT2D eigenvalue weighted by Crippen LogP contribution is 2.12. The number of aliphatic hydroxyl groups is 1. The molecule has 2 nitrogen and oxygen atoms in total. The van der Waals surface area contributed by atoms with Crippen LogP contribution in [0, 0.1) is 0 Å². The molecule has 0 spiro atoms. The first-order valence-corrected chi connectivity index (χ1v) is 8.22. The summed E-state index contributed by atoms with van der Waals surface area (Å²) in [4.78, 5) is 0. The van der Waals surface area contributed by atoms with E-state index in [0.717, 1.165) is 19.4 Å². The smallest absolute Gasteiger partial charge is 0.104 e. The monoisotopic (exact) mass is 257 g/mol. The van der Waals surface area contributed by atoms with Gasteiger partial charge < -0.3 is 5.11 Å². The van der Waals surface area contributed by atoms with E-state index in [9.17, 15) is 5.11 Å². The summed E-state index contributed by atoms with van der Waals surface area (Å²) < 4.78 is 0. The fourth-order valence-corrected chi connectivity index (χ4v) is 2.34. The molecule has 0 saturated carbocycles. The molecule has 0 aromatic heterocycles. The summed E-state index contributed by atoms with van der Waals surface area (Å²) in [6.07, 6.45) is 15.7. The van der Waals surface area contributed by atoms with Crippen LogP contribution >= 0.6 is 0 Å². The summed E-state index contributed by atoms with van der Waals surface area (Å²) in [5.41, 5.74) is 0. The summed E-state index contributed by atoms with van der Waals surface area (Å²) in [7, 11) is 0. The fraction of sp³-hybridized carbons (Fsp3) is 1.00. The van der Waals surface area contributed by atoms with Gasteiger partial charge in [0.25, 0.3) is 0 Å². The lowest BCUT2D eigenvalue weighted by Gasteiger charge is -2.10. The third-order valence-electron chi connectivity index (χ3n) is 3.52. The number of rotatable bonds is 14. The zero-order chi connectivity index (χ0) is 13.5. The van der Waals surface area contributed by atoms with Gasteiger partial charge in [0.15, 0.2) is 0 Å². The van der Waals surface area contributed by atoms with Gasteiger partial charge in [0.1, 0.15) is 6.23 Å². The van der Waals surface area contributed by atoms with Crippen LogP contribution < -0.4 is 5.32 Å². The van der Waals surface area contributed by atoms with E-state index in [4.69, 9.17) is 0 Å². The van der Waals surface area contributed by atoms with E-state index < -0.39 is 0 Å². The van der Waals surface area contributed by atoms with E-state index in [1.165, 1.54) is 64.2 Å². The van der Waals surface area contributed by atoms with E-state index in [-0.39, 0.29) is 6.23 Å². The maximum Gasteiger partial charge on any atom is 0.104 e. The Morgan fingerprint density at radius 1 is 0.722 bits per heavy atom. The fourth-order valence-electron chi connectivity index (χ4n) is 2.34. The molecule has 0 aliphatic carbocycles. The van der Waals surface area contributed by atoms with Crippen LogP contribution in [0.25, 0.3) is 0 Å². The minimum Gasteiger partial charge on any atom is -0.379 e. The topological polar surface area (TPSA) is 32.3 Å². The highest BCUT2D eigenvalue weighted by molar-refractivity contribution is 4.53. The van der Waals surface area contributed by atoms with Crippen LogP contribution in [0.5, 0.6) is 0 Å². The molecule has 0 saturated heterocycles. The summed E-state index contributed by atoms with van der Waals surface area (Å²) >= 11 is 0. The molecule has 0 heterocycles. The average Bonchev–Trinajstić information content (AvgIpc) is 2.36. The van der Waals surface area contributed by atoms with E-state index in [1.54, 1.807) is 0 Å². The van der Waals surface area contributed by atoms with Gasteiger partial charge in [-0.15, -0.1) is 0 Å². The molecule has 0 amide bonds. The Labute approximate surface area is 115 Å². The van der Waals surface area contributed by atoms with Gasteiger partial charge in [-0.25, -0.2) is 0 Å². The maximum atomic E-state index is 9.48. The number of nitrogens with one attached hydrogen (secondary N) is 1. The van der Waals surface area contributed by atoms with Gasteiger partial charge in [-0.2, -0.15) is 0 Å². The van der Waals surface area contributed by atoms with E-state index in [0.29, 0.717) is 0 Å². The molecule has 0 aromatic carbocycles. The second-order valence-electron chi connectivity index (χ2n) is 5.40. The third kappa shape index (κ3) is 14.0. The summed E-state index contributed by atoms with van der Waals surface area (Å²) in [5, 5.41) is 12.5. The highest BCUT2D eigenvalue weighted by Gasteiger charge is 2.00. The SMILES string of the molecule is CCCCCCCCCCCCCC(O)NCC. The zero-order valence-electron chi connectivity index (χ0n) is 12.7. The Morgan fingerprint density at radius 3 is 1.61 bits per heavy atom. The number of unbranched alkanes of at least 4 members (excludes halogenated alkanes) is 10. The average molecular weight is 257 g/mol. The molecule has 0 bridgehead atoms. The molecule has 0 aliphatic heterocycles. The van der Waals surface area contributed by atoms with Crippen molar-refractivity contribution in [3.05, 3.63) is 0 Å². The number of hydrogen-bond acceptors (Lipinski definition) is 2. The lowest BCUT2D eigenvalue weighted by molar-refractivity contribution is 0.126. The quantitative estimate of drug-likeness (QED) is 0.352. The van der Waals surface area contributed by atoms with Crippen LogP contribution in [0.4, 0.5) is 0 Å². The Bertz CT molecular complexity index is 150. The van der Waals surface area contributed by atoms with Crippen molar-refractivity contribution < 1.29 is 5.11 Å². The van der Waals surface area contributed by atoms with Crippen LogP contribution in [-0.2, 0) is 0 Å². The second-order valence-corrected chi connectivity index (χ2v) is 5.40. The minimum absolute atomic E-state index is 0.284. The van der Waals surface area contributed by atoms with E-state index >= 15 is 0 Å². The molecule has 110 valence electrons. The van der Waals surface area contributed by atoms with Crippen molar-refractivity contribution in [2.75, 3.05) is 6.54 Å². The summed E-state index contributed by atoms with van der Waals surface area (Å²) in [6, 6.07) is 0. The largest absolute Gasteiger partial charge is 0.379 e. The van der Waals surface area contributed by atoms with Crippen LogP contribution in [-0.4, -0.2) is 17.9 Å². The molecule has 0 aromatic rings. The zero-order valence-corrected chi connectivity index (χ0v) is 12.7. The molecule has 1 atom stereocenters. The van der Waals surface area contributed by atoms with Gasteiger partial charge in [0, 0.05) is 0 Å². The van der Waals surface area contributed by atoms with Gasteiger partial charge in [0.05, 0.1) is 0 Å². The molecule has 0 fully saturated rings. The van der Waals surface area contributed by atoms with Crippen molar-refractivity contribution in [3.63, 3.8) is 0 Å². The first-order chi connectivity index (χ1) is 8.81. The standard InChI is InChI=1S/C16H35NO/c1-3-5-6-7-8-9-10-11-12-13-14-15-16(18)17-4-2/h16-18H,3-15H2,1-2H3. The van der Waals surface area contributed by atoms with E-state index in [1.807, 2.05) is 6.92 Å². The lowest BCUT2D eigenvalue weighted by Crippen LogP contribution is -2.27. The van der Waals surface area contributed by atoms with Crippen LogP contribution in [0.3, 0.4) is 0 Å². The molecule has 18 heavy (non-hydrogen) atoms. The molecule has 1 unspecified atom stereocenters. The normalized spacial score (nSPS) is 12.8. The molecule has 0 radical (unpaired) electrons. The van der Waals surface area contributed by atoms with Crippen molar-refractivity contribution in [2.24, 2.45) is 0 Å². The lowest BCUT2D eigenvalue weighted by atomic mass is 10.1. The predicted octanol–water partition coefficient (Wildman–Crippen LogP) is 4.62. The van der Waals surface area contributed by atoms with E-state index in [2.05, 4.69) is 12.2 Å². The van der Waals surface area contributed by atoms with Gasteiger partial charge in [0.2, 0.25) is 0 Å². The third-order valence-corrected chi connectivity index (χ3v) is 3.52. The first kappa shape index (κ1) is 17.9. The van der Waals surface area contributed by atoms with Crippen molar-refractivity contribution in [2.45, 2.75) is 97.1 Å². The predicted molar refractivity (Wildman–Crippen MR) is 80.8 cm³/mol. The molecule has 0 rings (SSSR count). The van der Waals surface area contributed by atoms with Crippen molar-refractivity contribution >= 4 is 0 Å². The van der Waals surface area contributed by atoms with Crippen LogP contribution in [0.1, 0.15) is 90.9 Å². The van der Waals surface area contributed by atoms with Gasteiger partial charge in [-0.05, 0) is 19.4 Å². The van der Waals surface area contributed by atoms with Gasteiger partial charge in [-0.3, -0.25) is 5.32 Å². The molecule has 2 N–H and O–H groups in total. The highest BCUT2D eigenvalue weighted by atomic mass is 16.3.